The van der Waals surface area contributed by atoms with Crippen LogP contribution in [0.25, 0.3) is 0 Å². The number of primary amides is 2. The maximum Gasteiger partial charge on any atom is 0.269 e. The minimum atomic E-state index is -4.41. The number of hydrogen-bond acceptors (Lipinski definition) is 7. The molecular weight excluding hydrogens is 404 g/mol. The molecule has 12 heteroatoms. The lowest BCUT2D eigenvalue weighted by molar-refractivity contribution is -0.384. The topological polar surface area (TPSA) is 196 Å². The highest BCUT2D eigenvalue weighted by Gasteiger charge is 2.42. The van der Waals surface area contributed by atoms with Crippen molar-refractivity contribution >= 4 is 27.5 Å². The van der Waals surface area contributed by atoms with Gasteiger partial charge in [-0.25, -0.2) is 8.42 Å². The van der Waals surface area contributed by atoms with Crippen molar-refractivity contribution in [1.82, 2.24) is 4.72 Å². The second-order valence-electron chi connectivity index (χ2n) is 6.29. The van der Waals surface area contributed by atoms with Crippen molar-refractivity contribution in [2.24, 2.45) is 11.5 Å². The van der Waals surface area contributed by atoms with Crippen molar-refractivity contribution < 1.29 is 28.0 Å². The highest BCUT2D eigenvalue weighted by molar-refractivity contribution is 7.89. The van der Waals surface area contributed by atoms with E-state index in [1.54, 1.807) is 0 Å². The van der Waals surface area contributed by atoms with Crippen molar-refractivity contribution in [2.45, 2.75) is 23.3 Å². The molecule has 2 amide bonds. The Labute approximate surface area is 165 Å². The molecule has 0 aliphatic rings. The van der Waals surface area contributed by atoms with Crippen molar-refractivity contribution in [2.75, 3.05) is 0 Å². The van der Waals surface area contributed by atoms with Gasteiger partial charge in [0.1, 0.15) is 11.3 Å². The second-order valence-corrected chi connectivity index (χ2v) is 7.97. The third-order valence-electron chi connectivity index (χ3n) is 4.08. The highest BCUT2D eigenvalue weighted by atomic mass is 32.2. The van der Waals surface area contributed by atoms with E-state index in [9.17, 15) is 33.2 Å². The number of nitrogens with two attached hydrogens (primary N) is 2. The van der Waals surface area contributed by atoms with Crippen molar-refractivity contribution in [3.63, 3.8) is 0 Å². The largest absolute Gasteiger partial charge is 0.508 e. The van der Waals surface area contributed by atoms with Crippen LogP contribution in [0.5, 0.6) is 5.75 Å². The van der Waals surface area contributed by atoms with E-state index >= 15 is 0 Å². The molecule has 2 aromatic carbocycles. The summed E-state index contributed by atoms with van der Waals surface area (Å²) in [4.78, 5) is 33.5. The number of amides is 2. The number of phenols is 1. The number of non-ortho nitro benzene ring substituents is 1. The van der Waals surface area contributed by atoms with Gasteiger partial charge in [-0.2, -0.15) is 4.72 Å². The normalized spacial score (nSPS) is 13.4. The quantitative estimate of drug-likeness (QED) is 0.320. The first-order valence-corrected chi connectivity index (χ1v) is 9.58. The van der Waals surface area contributed by atoms with Gasteiger partial charge in [0.15, 0.2) is 0 Å². The van der Waals surface area contributed by atoms with Gasteiger partial charge in [0.2, 0.25) is 21.8 Å². The van der Waals surface area contributed by atoms with Gasteiger partial charge in [-0.05, 0) is 29.8 Å². The molecule has 154 valence electrons. The maximum absolute atomic E-state index is 12.8. The minimum Gasteiger partial charge on any atom is -0.508 e. The van der Waals surface area contributed by atoms with E-state index in [0.717, 1.165) is 24.3 Å². The summed E-state index contributed by atoms with van der Waals surface area (Å²) in [6.07, 6.45) is -1.05. The third-order valence-corrected chi connectivity index (χ3v) is 5.63. The van der Waals surface area contributed by atoms with E-state index in [1.807, 2.05) is 0 Å². The molecule has 0 unspecified atom stereocenters. The fraction of sp³-hybridized carbons (Fsp3) is 0.176. The second kappa shape index (κ2) is 8.24. The van der Waals surface area contributed by atoms with Crippen LogP contribution in [0.3, 0.4) is 0 Å². The summed E-state index contributed by atoms with van der Waals surface area (Å²) >= 11 is 0. The van der Waals surface area contributed by atoms with Crippen LogP contribution in [0, 0.1) is 10.1 Å². The zero-order chi connectivity index (χ0) is 21.8. The molecule has 0 heterocycles. The molecule has 0 bridgehead atoms. The first-order chi connectivity index (χ1) is 13.4. The van der Waals surface area contributed by atoms with Gasteiger partial charge in [0, 0.05) is 18.6 Å². The number of phenolic OH excluding ortho intramolecular Hbond substituents is 1. The van der Waals surface area contributed by atoms with Crippen LogP contribution >= 0.6 is 0 Å². The molecule has 2 aromatic rings. The highest BCUT2D eigenvalue weighted by Crippen LogP contribution is 2.24. The first-order valence-electron chi connectivity index (χ1n) is 8.10. The van der Waals surface area contributed by atoms with E-state index in [4.69, 9.17) is 11.5 Å². The molecule has 6 N–H and O–H groups in total. The Balaban J connectivity index is 2.46. The predicted molar refractivity (Wildman–Crippen MR) is 101 cm³/mol. The number of carbonyl (C=O) groups excluding carboxylic acids is 2. The van der Waals surface area contributed by atoms with Gasteiger partial charge in [0.25, 0.3) is 5.69 Å². The van der Waals surface area contributed by atoms with Crippen molar-refractivity contribution in [1.29, 1.82) is 0 Å². The number of aromatic hydroxyl groups is 1. The van der Waals surface area contributed by atoms with Gasteiger partial charge < -0.3 is 16.6 Å². The predicted octanol–water partition coefficient (Wildman–Crippen LogP) is -0.0791. The molecule has 0 aromatic heterocycles. The monoisotopic (exact) mass is 422 g/mol. The molecule has 11 nitrogen and oxygen atoms in total. The lowest BCUT2D eigenvalue weighted by Gasteiger charge is -2.30. The number of nitro groups is 1. The van der Waals surface area contributed by atoms with Crippen LogP contribution in [0.1, 0.15) is 12.0 Å². The van der Waals surface area contributed by atoms with E-state index < -0.39 is 38.7 Å². The van der Waals surface area contributed by atoms with Crippen LogP contribution in [0.15, 0.2) is 53.4 Å². The van der Waals surface area contributed by atoms with Crippen LogP contribution in [0.4, 0.5) is 5.69 Å². The van der Waals surface area contributed by atoms with E-state index in [2.05, 4.69) is 4.72 Å². The zero-order valence-electron chi connectivity index (χ0n) is 14.9. The Bertz CT molecular complexity index is 1040. The molecular formula is C17H18N4O7S. The Morgan fingerprint density at radius 3 is 2.07 bits per heavy atom. The summed E-state index contributed by atoms with van der Waals surface area (Å²) in [5.41, 5.74) is 8.62. The van der Waals surface area contributed by atoms with Crippen LogP contribution in [-0.4, -0.2) is 35.8 Å². The Kier molecular flexibility index (Phi) is 6.19. The van der Waals surface area contributed by atoms with E-state index in [1.165, 1.54) is 24.3 Å². The first kappa shape index (κ1) is 21.8. The summed E-state index contributed by atoms with van der Waals surface area (Å²) in [7, 11) is -4.41. The van der Waals surface area contributed by atoms with Crippen molar-refractivity contribution in [3.8, 4) is 5.75 Å². The molecule has 0 aliphatic heterocycles. The lowest BCUT2D eigenvalue weighted by Crippen LogP contribution is -2.60. The molecule has 29 heavy (non-hydrogen) atoms. The number of nitrogens with one attached hydrogen (secondary N) is 1. The average molecular weight is 422 g/mol. The molecule has 2 rings (SSSR count). The summed E-state index contributed by atoms with van der Waals surface area (Å²) in [6.45, 7) is 0. The third kappa shape index (κ3) is 5.27. The average Bonchev–Trinajstić information content (AvgIpc) is 2.62. The smallest absolute Gasteiger partial charge is 0.269 e. The van der Waals surface area contributed by atoms with Gasteiger partial charge in [0.05, 0.1) is 16.2 Å². The molecule has 0 saturated heterocycles. The molecule has 0 spiro atoms. The summed E-state index contributed by atoms with van der Waals surface area (Å²) in [5.74, 6) is -2.18. The number of carbonyl (C=O) groups is 2. The van der Waals surface area contributed by atoms with Gasteiger partial charge in [-0.15, -0.1) is 0 Å². The SMILES string of the molecule is NC(=O)C[C@@](Cc1ccc(O)cc1)(NS(=O)(=O)c1ccc([N+](=O)[O-])cc1)C(N)=O. The molecule has 0 saturated carbocycles. The molecule has 1 atom stereocenters. The molecule has 0 fully saturated rings. The standard InChI is InChI=1S/C17H18N4O7S/c18-15(23)10-17(16(19)24,9-11-1-5-13(22)6-2-11)20-29(27,28)14-7-3-12(4-8-14)21(25)26/h1-8,20,22H,9-10H2,(H2,18,23)(H2,19,24)/t17-/m1/s1. The number of nitro benzene ring substituents is 1. The summed E-state index contributed by atoms with van der Waals surface area (Å²) in [5, 5.41) is 20.1. The van der Waals surface area contributed by atoms with Gasteiger partial charge >= 0.3 is 0 Å². The van der Waals surface area contributed by atoms with Crippen LogP contribution < -0.4 is 16.2 Å². The van der Waals surface area contributed by atoms with E-state index in [-0.39, 0.29) is 22.8 Å². The number of hydrogen-bond donors (Lipinski definition) is 4. The summed E-state index contributed by atoms with van der Waals surface area (Å²) < 4.78 is 27.7. The number of nitrogens with zero attached hydrogens (tertiary/aromatic N) is 1. The Hall–Kier alpha value is -3.51. The zero-order valence-corrected chi connectivity index (χ0v) is 15.8. The number of rotatable bonds is 9. The lowest BCUT2D eigenvalue weighted by atomic mass is 9.87. The Morgan fingerprint density at radius 2 is 1.62 bits per heavy atom. The van der Waals surface area contributed by atoms with Crippen LogP contribution in [0.2, 0.25) is 0 Å². The number of sulfonamides is 1. The fourth-order valence-electron chi connectivity index (χ4n) is 2.68. The van der Waals surface area contributed by atoms with Gasteiger partial charge in [-0.3, -0.25) is 19.7 Å². The maximum atomic E-state index is 12.8. The van der Waals surface area contributed by atoms with Crippen LogP contribution in [-0.2, 0) is 26.0 Å². The molecule has 0 radical (unpaired) electrons. The van der Waals surface area contributed by atoms with E-state index in [0.29, 0.717) is 5.56 Å². The minimum absolute atomic E-state index is 0.0558. The fourth-order valence-corrected chi connectivity index (χ4v) is 4.05. The number of benzene rings is 2. The van der Waals surface area contributed by atoms with Crippen molar-refractivity contribution in [3.05, 3.63) is 64.2 Å². The molecule has 0 aliphatic carbocycles. The van der Waals surface area contributed by atoms with Gasteiger partial charge in [-0.1, -0.05) is 12.1 Å². The summed E-state index contributed by atoms with van der Waals surface area (Å²) in [6, 6.07) is 9.41. The Morgan fingerprint density at radius 1 is 1.07 bits per heavy atom.